The number of halogens is 1. The van der Waals surface area contributed by atoms with Crippen molar-refractivity contribution in [1.29, 1.82) is 0 Å². The van der Waals surface area contributed by atoms with Gasteiger partial charge in [0.05, 0.1) is 22.9 Å². The third-order valence-corrected chi connectivity index (χ3v) is 4.63. The predicted octanol–water partition coefficient (Wildman–Crippen LogP) is 4.79. The van der Waals surface area contributed by atoms with Crippen molar-refractivity contribution in [2.45, 2.75) is 33.3 Å². The highest BCUT2D eigenvalue weighted by Crippen LogP contribution is 2.24. The quantitative estimate of drug-likeness (QED) is 0.567. The molecule has 2 aromatic carbocycles. The second-order valence-electron chi connectivity index (χ2n) is 7.77. The number of thioether (sulfide) groups is 1. The van der Waals surface area contributed by atoms with E-state index in [1.807, 2.05) is 19.1 Å². The Kier molecular flexibility index (Phi) is 8.44. The third kappa shape index (κ3) is 9.08. The van der Waals surface area contributed by atoms with Gasteiger partial charge in [-0.1, -0.05) is 17.7 Å². The molecule has 0 aliphatic carbocycles. The van der Waals surface area contributed by atoms with Crippen molar-refractivity contribution in [3.05, 3.63) is 53.8 Å². The van der Waals surface area contributed by atoms with Gasteiger partial charge in [-0.2, -0.15) is 0 Å². The number of ether oxygens (including phenoxy) is 1. The van der Waals surface area contributed by atoms with Crippen molar-refractivity contribution in [2.75, 3.05) is 27.5 Å². The average Bonchev–Trinajstić information content (AvgIpc) is 2.64. The van der Waals surface area contributed by atoms with Gasteiger partial charge >= 0.3 is 6.09 Å². The molecule has 0 saturated heterocycles. The minimum atomic E-state index is -0.725. The maximum atomic E-state index is 13.6. The molecule has 0 aliphatic rings. The number of carbonyl (C=O) groups is 3. The highest BCUT2D eigenvalue weighted by Gasteiger charge is 2.18. The lowest BCUT2D eigenvalue weighted by molar-refractivity contribution is -0.114. The van der Waals surface area contributed by atoms with Crippen LogP contribution in [0.25, 0.3) is 0 Å². The molecule has 9 heteroatoms. The van der Waals surface area contributed by atoms with Gasteiger partial charge in [0.1, 0.15) is 11.4 Å². The van der Waals surface area contributed by atoms with Crippen molar-refractivity contribution in [2.24, 2.45) is 0 Å². The molecule has 7 nitrogen and oxygen atoms in total. The second kappa shape index (κ2) is 10.8. The lowest BCUT2D eigenvalue weighted by atomic mass is 10.2. The molecule has 0 heterocycles. The van der Waals surface area contributed by atoms with Gasteiger partial charge < -0.3 is 15.4 Å². The summed E-state index contributed by atoms with van der Waals surface area (Å²) in [5, 5.41) is 7.79. The van der Waals surface area contributed by atoms with E-state index in [9.17, 15) is 18.8 Å². The number of amides is 3. The van der Waals surface area contributed by atoms with E-state index in [0.29, 0.717) is 5.69 Å². The SMILES string of the molecule is Cc1ccc(NC(=O)CSCC(=O)Nc2cc(F)ccc2NC(=O)OC(C)(C)C)cc1. The van der Waals surface area contributed by atoms with E-state index in [4.69, 9.17) is 4.74 Å². The maximum absolute atomic E-state index is 13.6. The summed E-state index contributed by atoms with van der Waals surface area (Å²) < 4.78 is 18.8. The molecule has 0 aromatic heterocycles. The summed E-state index contributed by atoms with van der Waals surface area (Å²) in [6.45, 7) is 7.09. The summed E-state index contributed by atoms with van der Waals surface area (Å²) in [5.74, 6) is -1.20. The van der Waals surface area contributed by atoms with E-state index >= 15 is 0 Å². The Balaban J connectivity index is 1.86. The van der Waals surface area contributed by atoms with Gasteiger partial charge in [-0.3, -0.25) is 14.9 Å². The first-order valence-corrected chi connectivity index (χ1v) is 10.7. The van der Waals surface area contributed by atoms with E-state index < -0.39 is 23.4 Å². The van der Waals surface area contributed by atoms with E-state index in [-0.39, 0.29) is 28.8 Å². The number of nitrogens with one attached hydrogen (secondary N) is 3. The fraction of sp³-hybridized carbons (Fsp3) is 0.318. The number of rotatable bonds is 7. The minimum Gasteiger partial charge on any atom is -0.444 e. The monoisotopic (exact) mass is 447 g/mol. The Labute approximate surface area is 185 Å². The molecule has 166 valence electrons. The molecular formula is C22H26FN3O4S. The average molecular weight is 448 g/mol. The normalized spacial score (nSPS) is 10.9. The van der Waals surface area contributed by atoms with Crippen LogP contribution in [0.1, 0.15) is 26.3 Å². The van der Waals surface area contributed by atoms with Crippen molar-refractivity contribution < 1.29 is 23.5 Å². The molecule has 0 atom stereocenters. The topological polar surface area (TPSA) is 96.5 Å². The third-order valence-electron chi connectivity index (χ3n) is 3.69. The Morgan fingerprint density at radius 2 is 1.52 bits per heavy atom. The number of anilines is 3. The predicted molar refractivity (Wildman–Crippen MR) is 122 cm³/mol. The summed E-state index contributed by atoms with van der Waals surface area (Å²) >= 11 is 1.11. The Morgan fingerprint density at radius 3 is 2.13 bits per heavy atom. The van der Waals surface area contributed by atoms with Gasteiger partial charge in [0, 0.05) is 5.69 Å². The van der Waals surface area contributed by atoms with Crippen LogP contribution in [0.5, 0.6) is 0 Å². The fourth-order valence-electron chi connectivity index (χ4n) is 2.40. The maximum Gasteiger partial charge on any atom is 0.412 e. The first-order chi connectivity index (χ1) is 14.5. The molecule has 2 aromatic rings. The first kappa shape index (κ1) is 24.2. The van der Waals surface area contributed by atoms with Crippen LogP contribution in [0.15, 0.2) is 42.5 Å². The molecule has 0 aliphatic heterocycles. The smallest absolute Gasteiger partial charge is 0.412 e. The number of benzene rings is 2. The second-order valence-corrected chi connectivity index (χ2v) is 8.76. The van der Waals surface area contributed by atoms with Gasteiger partial charge in [-0.25, -0.2) is 9.18 Å². The fourth-order valence-corrected chi connectivity index (χ4v) is 3.02. The molecule has 0 saturated carbocycles. The van der Waals surface area contributed by atoms with Crippen LogP contribution in [0, 0.1) is 12.7 Å². The molecule has 0 fully saturated rings. The number of aryl methyl sites for hydroxylation is 1. The number of hydrogen-bond acceptors (Lipinski definition) is 5. The molecule has 3 N–H and O–H groups in total. The van der Waals surface area contributed by atoms with Crippen LogP contribution in [0.4, 0.5) is 26.2 Å². The highest BCUT2D eigenvalue weighted by atomic mass is 32.2. The molecule has 3 amide bonds. The van der Waals surface area contributed by atoms with E-state index in [0.717, 1.165) is 29.5 Å². The van der Waals surface area contributed by atoms with Crippen LogP contribution < -0.4 is 16.0 Å². The van der Waals surface area contributed by atoms with Crippen molar-refractivity contribution in [3.8, 4) is 0 Å². The zero-order valence-corrected chi connectivity index (χ0v) is 18.7. The van der Waals surface area contributed by atoms with Gasteiger partial charge in [-0.15, -0.1) is 11.8 Å². The zero-order valence-electron chi connectivity index (χ0n) is 17.9. The summed E-state index contributed by atoms with van der Waals surface area (Å²) in [5.41, 5.74) is 1.36. The van der Waals surface area contributed by atoms with Crippen LogP contribution >= 0.6 is 11.8 Å². The van der Waals surface area contributed by atoms with E-state index in [2.05, 4.69) is 16.0 Å². The van der Waals surface area contributed by atoms with Crippen LogP contribution in [0.3, 0.4) is 0 Å². The molecular weight excluding hydrogens is 421 g/mol. The largest absolute Gasteiger partial charge is 0.444 e. The minimum absolute atomic E-state index is 0.0241. The molecule has 0 unspecified atom stereocenters. The number of hydrogen-bond donors (Lipinski definition) is 3. The molecule has 2 rings (SSSR count). The van der Waals surface area contributed by atoms with Gasteiger partial charge in [-0.05, 0) is 58.0 Å². The molecule has 0 spiro atoms. The summed E-state index contributed by atoms with van der Waals surface area (Å²) in [7, 11) is 0. The summed E-state index contributed by atoms with van der Waals surface area (Å²) in [6.07, 6.45) is -0.725. The number of carbonyl (C=O) groups excluding carboxylic acids is 3. The van der Waals surface area contributed by atoms with Crippen molar-refractivity contribution in [3.63, 3.8) is 0 Å². The molecule has 0 radical (unpaired) electrons. The zero-order chi connectivity index (χ0) is 23.0. The first-order valence-electron chi connectivity index (χ1n) is 9.55. The van der Waals surface area contributed by atoms with Gasteiger partial charge in [0.2, 0.25) is 11.8 Å². The Hall–Kier alpha value is -3.07. The van der Waals surface area contributed by atoms with Gasteiger partial charge in [0.25, 0.3) is 0 Å². The lowest BCUT2D eigenvalue weighted by Gasteiger charge is -2.20. The van der Waals surface area contributed by atoms with E-state index in [1.54, 1.807) is 32.9 Å². The van der Waals surface area contributed by atoms with Crippen LogP contribution in [-0.2, 0) is 14.3 Å². The van der Waals surface area contributed by atoms with Gasteiger partial charge in [0.15, 0.2) is 0 Å². The van der Waals surface area contributed by atoms with Crippen molar-refractivity contribution in [1.82, 2.24) is 0 Å². The summed E-state index contributed by atoms with van der Waals surface area (Å²) in [6, 6.07) is 11.0. The standard InChI is InChI=1S/C22H26FN3O4S/c1-14-5-8-16(9-6-14)24-19(27)12-31-13-20(28)25-18-11-15(23)7-10-17(18)26-21(29)30-22(2,3)4/h5-11H,12-13H2,1-4H3,(H,24,27)(H,25,28)(H,26,29). The summed E-state index contributed by atoms with van der Waals surface area (Å²) in [4.78, 5) is 36.2. The molecule has 31 heavy (non-hydrogen) atoms. The molecule has 0 bridgehead atoms. The van der Waals surface area contributed by atoms with Crippen LogP contribution in [0.2, 0.25) is 0 Å². The van der Waals surface area contributed by atoms with Crippen molar-refractivity contribution >= 4 is 46.7 Å². The lowest BCUT2D eigenvalue weighted by Crippen LogP contribution is -2.27. The Bertz CT molecular complexity index is 943. The van der Waals surface area contributed by atoms with Crippen LogP contribution in [-0.4, -0.2) is 35.0 Å². The highest BCUT2D eigenvalue weighted by molar-refractivity contribution is 8.00. The Morgan fingerprint density at radius 1 is 0.903 bits per heavy atom. The van der Waals surface area contributed by atoms with E-state index in [1.165, 1.54) is 6.07 Å².